The van der Waals surface area contributed by atoms with Crippen LogP contribution in [-0.4, -0.2) is 35.6 Å². The van der Waals surface area contributed by atoms with E-state index < -0.39 is 5.91 Å². The first kappa shape index (κ1) is 20.0. The van der Waals surface area contributed by atoms with E-state index in [0.29, 0.717) is 10.7 Å². The third-order valence-corrected chi connectivity index (χ3v) is 5.48. The fraction of sp³-hybridized carbons (Fsp3) is 0.211. The number of benzene rings is 2. The van der Waals surface area contributed by atoms with Crippen LogP contribution in [-0.2, 0) is 9.59 Å². The van der Waals surface area contributed by atoms with Crippen molar-refractivity contribution in [1.82, 2.24) is 10.4 Å². The van der Waals surface area contributed by atoms with Crippen molar-refractivity contribution in [3.05, 3.63) is 58.6 Å². The van der Waals surface area contributed by atoms with Crippen LogP contribution in [0.5, 0.6) is 5.75 Å². The van der Waals surface area contributed by atoms with Gasteiger partial charge in [0.25, 0.3) is 11.8 Å². The summed E-state index contributed by atoms with van der Waals surface area (Å²) in [6, 6.07) is 11.8. The van der Waals surface area contributed by atoms with Gasteiger partial charge in [-0.3, -0.25) is 19.8 Å². The van der Waals surface area contributed by atoms with Crippen molar-refractivity contribution in [3.8, 4) is 5.75 Å². The lowest BCUT2D eigenvalue weighted by atomic mass is 10.1. The van der Waals surface area contributed by atoms with E-state index in [9.17, 15) is 14.4 Å². The van der Waals surface area contributed by atoms with Gasteiger partial charge in [-0.1, -0.05) is 23.7 Å². The Kier molecular flexibility index (Phi) is 6.11. The largest absolute Gasteiger partial charge is 0.496 e. The van der Waals surface area contributed by atoms with E-state index in [1.807, 2.05) is 12.1 Å². The molecule has 3 rings (SSSR count). The summed E-state index contributed by atoms with van der Waals surface area (Å²) in [5, 5.41) is 4.19. The van der Waals surface area contributed by atoms with Crippen molar-refractivity contribution in [2.24, 2.45) is 0 Å². The fourth-order valence-electron chi connectivity index (χ4n) is 2.75. The summed E-state index contributed by atoms with van der Waals surface area (Å²) in [7, 11) is 1.43. The number of carbonyl (C=O) groups is 3. The minimum atomic E-state index is -0.485. The molecule has 0 bridgehead atoms. The minimum Gasteiger partial charge on any atom is -0.496 e. The van der Waals surface area contributed by atoms with Gasteiger partial charge >= 0.3 is 0 Å². The maximum Gasteiger partial charge on any atom is 0.273 e. The predicted molar refractivity (Wildman–Crippen MR) is 108 cm³/mol. The quantitative estimate of drug-likeness (QED) is 0.776. The number of nitrogens with zero attached hydrogens (tertiary/aromatic N) is 1. The van der Waals surface area contributed by atoms with Crippen LogP contribution in [0.4, 0.5) is 5.69 Å². The number of hydrazine groups is 1. The van der Waals surface area contributed by atoms with Crippen LogP contribution < -0.4 is 15.5 Å². The number of amides is 3. The van der Waals surface area contributed by atoms with Gasteiger partial charge in [0.05, 0.1) is 18.4 Å². The molecule has 146 valence electrons. The number of ether oxygens (including phenoxy) is 1. The van der Waals surface area contributed by atoms with E-state index in [1.54, 1.807) is 24.3 Å². The molecule has 0 saturated carbocycles. The second kappa shape index (κ2) is 8.53. The normalized spacial score (nSPS) is 16.0. The molecule has 28 heavy (non-hydrogen) atoms. The molecular formula is C19H18ClN3O4S. The van der Waals surface area contributed by atoms with Crippen LogP contribution in [0.2, 0.25) is 5.02 Å². The number of rotatable bonds is 5. The van der Waals surface area contributed by atoms with Gasteiger partial charge in [-0.15, -0.1) is 11.8 Å². The van der Waals surface area contributed by atoms with Crippen molar-refractivity contribution >= 4 is 46.8 Å². The number of methoxy groups -OCH3 is 1. The first-order valence-corrected chi connectivity index (χ1v) is 9.77. The number of anilines is 1. The number of thioether (sulfide) groups is 1. The SMILES string of the molecule is COc1cc(NC(C)=O)ccc1C(=O)NN1C(=O)CSC1c1ccc(Cl)cc1. The molecule has 3 amide bonds. The highest BCUT2D eigenvalue weighted by Crippen LogP contribution is 2.37. The smallest absolute Gasteiger partial charge is 0.273 e. The number of hydrogen-bond donors (Lipinski definition) is 2. The lowest BCUT2D eigenvalue weighted by Gasteiger charge is -2.25. The second-order valence-electron chi connectivity index (χ2n) is 6.02. The summed E-state index contributed by atoms with van der Waals surface area (Å²) in [6.45, 7) is 1.39. The van der Waals surface area contributed by atoms with E-state index in [2.05, 4.69) is 10.7 Å². The van der Waals surface area contributed by atoms with Crippen molar-refractivity contribution < 1.29 is 19.1 Å². The highest BCUT2D eigenvalue weighted by atomic mass is 35.5. The molecule has 0 aliphatic carbocycles. The molecule has 1 aliphatic heterocycles. The first-order chi connectivity index (χ1) is 13.4. The average molecular weight is 420 g/mol. The maximum atomic E-state index is 12.8. The fourth-order valence-corrected chi connectivity index (χ4v) is 3.98. The molecule has 2 N–H and O–H groups in total. The van der Waals surface area contributed by atoms with Crippen molar-refractivity contribution in [1.29, 1.82) is 0 Å². The predicted octanol–water partition coefficient (Wildman–Crippen LogP) is 3.23. The van der Waals surface area contributed by atoms with Gasteiger partial charge in [0.2, 0.25) is 5.91 Å². The second-order valence-corrected chi connectivity index (χ2v) is 7.52. The van der Waals surface area contributed by atoms with Gasteiger partial charge in [0.1, 0.15) is 11.1 Å². The Bertz CT molecular complexity index is 920. The third kappa shape index (κ3) is 4.40. The van der Waals surface area contributed by atoms with Crippen LogP contribution in [0.25, 0.3) is 0 Å². The van der Waals surface area contributed by atoms with Gasteiger partial charge in [-0.25, -0.2) is 5.01 Å². The minimum absolute atomic E-state index is 0.202. The van der Waals surface area contributed by atoms with Gasteiger partial charge in [0.15, 0.2) is 0 Å². The van der Waals surface area contributed by atoms with Gasteiger partial charge in [-0.05, 0) is 29.8 Å². The van der Waals surface area contributed by atoms with Gasteiger partial charge in [0, 0.05) is 23.7 Å². The molecule has 0 spiro atoms. The number of hydrogen-bond acceptors (Lipinski definition) is 5. The number of halogens is 1. The van der Waals surface area contributed by atoms with Crippen LogP contribution in [0.1, 0.15) is 28.2 Å². The van der Waals surface area contributed by atoms with E-state index in [4.69, 9.17) is 16.3 Å². The first-order valence-electron chi connectivity index (χ1n) is 8.35. The molecule has 2 aromatic carbocycles. The topological polar surface area (TPSA) is 87.7 Å². The monoisotopic (exact) mass is 419 g/mol. The molecule has 1 heterocycles. The molecular weight excluding hydrogens is 402 g/mol. The van der Waals surface area contributed by atoms with Crippen LogP contribution >= 0.6 is 23.4 Å². The number of nitrogens with one attached hydrogen (secondary N) is 2. The maximum absolute atomic E-state index is 12.8. The Morgan fingerprint density at radius 2 is 1.93 bits per heavy atom. The molecule has 1 saturated heterocycles. The summed E-state index contributed by atoms with van der Waals surface area (Å²) in [5.41, 5.74) is 4.28. The highest BCUT2D eigenvalue weighted by molar-refractivity contribution is 8.00. The molecule has 1 atom stereocenters. The van der Waals surface area contributed by atoms with E-state index in [-0.39, 0.29) is 34.3 Å². The van der Waals surface area contributed by atoms with Crippen LogP contribution in [0.3, 0.4) is 0 Å². The molecule has 0 radical (unpaired) electrons. The molecule has 9 heteroatoms. The highest BCUT2D eigenvalue weighted by Gasteiger charge is 2.34. The molecule has 7 nitrogen and oxygen atoms in total. The van der Waals surface area contributed by atoms with E-state index >= 15 is 0 Å². The summed E-state index contributed by atoms with van der Waals surface area (Å²) in [5.74, 6) is -0.379. The van der Waals surface area contributed by atoms with Gasteiger partial charge in [-0.2, -0.15) is 0 Å². The van der Waals surface area contributed by atoms with Crippen molar-refractivity contribution in [2.75, 3.05) is 18.2 Å². The summed E-state index contributed by atoms with van der Waals surface area (Å²) in [6.07, 6.45) is 0. The Balaban J connectivity index is 1.81. The zero-order chi connectivity index (χ0) is 20.3. The summed E-state index contributed by atoms with van der Waals surface area (Å²) in [4.78, 5) is 36.3. The molecule has 1 unspecified atom stereocenters. The molecule has 0 aromatic heterocycles. The number of carbonyl (C=O) groups excluding carboxylic acids is 3. The molecule has 1 aliphatic rings. The lowest BCUT2D eigenvalue weighted by molar-refractivity contribution is -0.130. The zero-order valence-electron chi connectivity index (χ0n) is 15.2. The van der Waals surface area contributed by atoms with Crippen molar-refractivity contribution in [2.45, 2.75) is 12.3 Å². The summed E-state index contributed by atoms with van der Waals surface area (Å²) >= 11 is 7.34. The summed E-state index contributed by atoms with van der Waals surface area (Å²) < 4.78 is 5.27. The van der Waals surface area contributed by atoms with Crippen LogP contribution in [0, 0.1) is 0 Å². The van der Waals surface area contributed by atoms with Crippen molar-refractivity contribution in [3.63, 3.8) is 0 Å². The third-order valence-electron chi connectivity index (χ3n) is 4.01. The Morgan fingerprint density at radius 1 is 1.21 bits per heavy atom. The Labute approximate surface area is 171 Å². The van der Waals surface area contributed by atoms with Gasteiger partial charge < -0.3 is 10.1 Å². The standard InChI is InChI=1S/C19H18ClN3O4S/c1-11(24)21-14-7-8-15(16(9-14)27-2)18(26)22-23-17(25)10-28-19(23)12-3-5-13(20)6-4-12/h3-9,19H,10H2,1-2H3,(H,21,24)(H,22,26). The Hall–Kier alpha value is -2.71. The molecule has 2 aromatic rings. The molecule has 1 fully saturated rings. The van der Waals surface area contributed by atoms with E-state index in [0.717, 1.165) is 5.56 Å². The van der Waals surface area contributed by atoms with Crippen LogP contribution in [0.15, 0.2) is 42.5 Å². The average Bonchev–Trinajstić information content (AvgIpc) is 3.02. The Morgan fingerprint density at radius 3 is 2.57 bits per heavy atom. The lowest BCUT2D eigenvalue weighted by Crippen LogP contribution is -2.44. The zero-order valence-corrected chi connectivity index (χ0v) is 16.8. The van der Waals surface area contributed by atoms with E-state index in [1.165, 1.54) is 36.9 Å².